The van der Waals surface area contributed by atoms with Crippen LogP contribution in [0.15, 0.2) is 42.7 Å². The molecule has 2 aromatic heterocycles. The van der Waals surface area contributed by atoms with Gasteiger partial charge < -0.3 is 4.74 Å². The number of aromatic nitrogens is 4. The highest BCUT2D eigenvalue weighted by molar-refractivity contribution is 5.52. The van der Waals surface area contributed by atoms with E-state index in [0.717, 1.165) is 29.4 Å². The van der Waals surface area contributed by atoms with Crippen LogP contribution in [0, 0.1) is 6.92 Å². The zero-order valence-electron chi connectivity index (χ0n) is 14.6. The second kappa shape index (κ2) is 6.67. The summed E-state index contributed by atoms with van der Waals surface area (Å²) >= 11 is 0. The Bertz CT molecular complexity index is 869. The quantitative estimate of drug-likeness (QED) is 0.708. The number of rotatable bonds is 5. The molecule has 4 rings (SSSR count). The predicted octanol–water partition coefficient (Wildman–Crippen LogP) is 3.97. The van der Waals surface area contributed by atoms with Crippen LogP contribution in [0.4, 0.5) is 0 Å². The van der Waals surface area contributed by atoms with Crippen molar-refractivity contribution in [2.24, 2.45) is 0 Å². The van der Waals surface area contributed by atoms with E-state index in [2.05, 4.69) is 28.7 Å². The van der Waals surface area contributed by atoms with E-state index in [1.165, 1.54) is 30.4 Å². The molecule has 0 aliphatic heterocycles. The van der Waals surface area contributed by atoms with Crippen molar-refractivity contribution < 1.29 is 4.74 Å². The summed E-state index contributed by atoms with van der Waals surface area (Å²) in [5.41, 5.74) is 3.44. The summed E-state index contributed by atoms with van der Waals surface area (Å²) in [7, 11) is 1.70. The number of benzene rings is 1. The highest BCUT2D eigenvalue weighted by atomic mass is 16.5. The van der Waals surface area contributed by atoms with Crippen molar-refractivity contribution in [3.05, 3.63) is 59.7 Å². The molecule has 0 bridgehead atoms. The minimum absolute atomic E-state index is 0.478. The fourth-order valence-corrected chi connectivity index (χ4v) is 3.18. The third-order valence-electron chi connectivity index (χ3n) is 4.94. The molecule has 0 radical (unpaired) electrons. The molecule has 5 heteroatoms. The Kier molecular flexibility index (Phi) is 4.22. The summed E-state index contributed by atoms with van der Waals surface area (Å²) in [5.74, 6) is 2.68. The molecule has 25 heavy (non-hydrogen) atoms. The molecule has 0 N–H and O–H groups in total. The SMILES string of the molecule is COc1ccc(Cc2nc(-c3cccnc3)nn2C2CCC2)c(C)c1. The van der Waals surface area contributed by atoms with Gasteiger partial charge in [0, 0.05) is 24.4 Å². The van der Waals surface area contributed by atoms with Gasteiger partial charge >= 0.3 is 0 Å². The van der Waals surface area contributed by atoms with Gasteiger partial charge in [0.2, 0.25) is 0 Å². The zero-order chi connectivity index (χ0) is 17.2. The molecule has 1 aromatic carbocycles. The van der Waals surface area contributed by atoms with Crippen LogP contribution in [0.2, 0.25) is 0 Å². The number of aryl methyl sites for hydroxylation is 1. The first kappa shape index (κ1) is 15.8. The molecule has 2 heterocycles. The van der Waals surface area contributed by atoms with Gasteiger partial charge in [0.05, 0.1) is 13.2 Å². The predicted molar refractivity (Wildman–Crippen MR) is 96.7 cm³/mol. The lowest BCUT2D eigenvalue weighted by atomic mass is 9.93. The van der Waals surface area contributed by atoms with Gasteiger partial charge in [-0.15, -0.1) is 0 Å². The minimum atomic E-state index is 0.478. The Morgan fingerprint density at radius 2 is 2.12 bits per heavy atom. The van der Waals surface area contributed by atoms with Gasteiger partial charge in [-0.2, -0.15) is 5.10 Å². The molecular weight excluding hydrogens is 312 g/mol. The van der Waals surface area contributed by atoms with Crippen molar-refractivity contribution >= 4 is 0 Å². The molecule has 1 fully saturated rings. The molecule has 1 aliphatic rings. The third kappa shape index (κ3) is 3.14. The maximum absolute atomic E-state index is 5.31. The lowest BCUT2D eigenvalue weighted by molar-refractivity contribution is 0.282. The number of ether oxygens (including phenoxy) is 1. The van der Waals surface area contributed by atoms with Gasteiger partial charge in [0.25, 0.3) is 0 Å². The molecule has 0 unspecified atom stereocenters. The van der Waals surface area contributed by atoms with Crippen molar-refractivity contribution in [2.45, 2.75) is 38.6 Å². The van der Waals surface area contributed by atoms with E-state index in [-0.39, 0.29) is 0 Å². The first-order chi connectivity index (χ1) is 12.2. The van der Waals surface area contributed by atoms with E-state index in [4.69, 9.17) is 14.8 Å². The maximum atomic E-state index is 5.31. The monoisotopic (exact) mass is 334 g/mol. The van der Waals surface area contributed by atoms with Crippen molar-refractivity contribution in [2.75, 3.05) is 7.11 Å². The first-order valence-corrected chi connectivity index (χ1v) is 8.74. The van der Waals surface area contributed by atoms with Gasteiger partial charge in [-0.25, -0.2) is 9.67 Å². The second-order valence-electron chi connectivity index (χ2n) is 6.59. The molecule has 0 saturated heterocycles. The summed E-state index contributed by atoms with van der Waals surface area (Å²) in [6.07, 6.45) is 8.01. The van der Waals surface area contributed by atoms with Crippen LogP contribution >= 0.6 is 0 Å². The van der Waals surface area contributed by atoms with Gasteiger partial charge in [0.15, 0.2) is 5.82 Å². The van der Waals surface area contributed by atoms with Crippen molar-refractivity contribution in [1.29, 1.82) is 0 Å². The highest BCUT2D eigenvalue weighted by Gasteiger charge is 2.25. The smallest absolute Gasteiger partial charge is 0.182 e. The van der Waals surface area contributed by atoms with Gasteiger partial charge in [0.1, 0.15) is 11.6 Å². The topological polar surface area (TPSA) is 52.8 Å². The van der Waals surface area contributed by atoms with Crippen LogP contribution in [0.25, 0.3) is 11.4 Å². The highest BCUT2D eigenvalue weighted by Crippen LogP contribution is 2.33. The molecule has 0 amide bonds. The average Bonchev–Trinajstić information content (AvgIpc) is 2.99. The van der Waals surface area contributed by atoms with Crippen LogP contribution in [0.5, 0.6) is 5.75 Å². The van der Waals surface area contributed by atoms with E-state index >= 15 is 0 Å². The molecule has 5 nitrogen and oxygen atoms in total. The Hall–Kier alpha value is -2.69. The lowest BCUT2D eigenvalue weighted by Crippen LogP contribution is -2.20. The van der Waals surface area contributed by atoms with E-state index < -0.39 is 0 Å². The first-order valence-electron chi connectivity index (χ1n) is 8.74. The fraction of sp³-hybridized carbons (Fsp3) is 0.350. The van der Waals surface area contributed by atoms with Gasteiger partial charge in [-0.05, 0) is 61.6 Å². The van der Waals surface area contributed by atoms with E-state index in [9.17, 15) is 0 Å². The minimum Gasteiger partial charge on any atom is -0.497 e. The maximum Gasteiger partial charge on any atom is 0.182 e. The van der Waals surface area contributed by atoms with Crippen molar-refractivity contribution in [1.82, 2.24) is 19.7 Å². The number of hydrogen-bond acceptors (Lipinski definition) is 4. The molecular formula is C20H22N4O. The normalized spacial score (nSPS) is 14.3. The Labute approximate surface area is 147 Å². The van der Waals surface area contributed by atoms with Crippen LogP contribution in [0.3, 0.4) is 0 Å². The molecule has 0 spiro atoms. The van der Waals surface area contributed by atoms with Gasteiger partial charge in [-0.1, -0.05) is 6.07 Å². The number of hydrogen-bond donors (Lipinski definition) is 0. The molecule has 128 valence electrons. The molecule has 0 atom stereocenters. The molecule has 1 saturated carbocycles. The number of pyridine rings is 1. The summed E-state index contributed by atoms with van der Waals surface area (Å²) in [6, 6.07) is 10.6. The van der Waals surface area contributed by atoms with Crippen LogP contribution in [0.1, 0.15) is 42.3 Å². The van der Waals surface area contributed by atoms with Crippen LogP contribution in [-0.2, 0) is 6.42 Å². The van der Waals surface area contributed by atoms with Crippen molar-refractivity contribution in [3.8, 4) is 17.1 Å². The molecule has 1 aliphatic carbocycles. The summed E-state index contributed by atoms with van der Waals surface area (Å²) < 4.78 is 7.44. The zero-order valence-corrected chi connectivity index (χ0v) is 14.6. The van der Waals surface area contributed by atoms with Crippen LogP contribution < -0.4 is 4.74 Å². The lowest BCUT2D eigenvalue weighted by Gasteiger charge is -2.26. The largest absolute Gasteiger partial charge is 0.497 e. The van der Waals surface area contributed by atoms with Gasteiger partial charge in [-0.3, -0.25) is 4.98 Å². The summed E-state index contributed by atoms with van der Waals surface area (Å²) in [5, 5.41) is 4.80. The van der Waals surface area contributed by atoms with Crippen molar-refractivity contribution in [3.63, 3.8) is 0 Å². The van der Waals surface area contributed by atoms with Crippen LogP contribution in [-0.4, -0.2) is 26.9 Å². The average molecular weight is 334 g/mol. The second-order valence-corrected chi connectivity index (χ2v) is 6.59. The Balaban J connectivity index is 1.69. The number of nitrogens with zero attached hydrogens (tertiary/aromatic N) is 4. The third-order valence-corrected chi connectivity index (χ3v) is 4.94. The van der Waals surface area contributed by atoms with E-state index in [0.29, 0.717) is 6.04 Å². The Morgan fingerprint density at radius 1 is 1.24 bits per heavy atom. The van der Waals surface area contributed by atoms with E-state index in [1.54, 1.807) is 13.3 Å². The standard InChI is InChI=1S/C20H22N4O/c1-14-11-18(25-2)9-8-15(14)12-19-22-20(16-5-4-10-21-13-16)23-24(19)17-6-3-7-17/h4-5,8-11,13,17H,3,6-7,12H2,1-2H3. The fourth-order valence-electron chi connectivity index (χ4n) is 3.18. The molecule has 3 aromatic rings. The number of methoxy groups -OCH3 is 1. The Morgan fingerprint density at radius 3 is 2.76 bits per heavy atom. The summed E-state index contributed by atoms with van der Waals surface area (Å²) in [6.45, 7) is 2.12. The van der Waals surface area contributed by atoms with E-state index in [1.807, 2.05) is 24.4 Å². The summed E-state index contributed by atoms with van der Waals surface area (Å²) in [4.78, 5) is 9.04.